The largest absolute Gasteiger partial charge is 0.462 e. The summed E-state index contributed by atoms with van der Waals surface area (Å²) in [6.07, 6.45) is 91.0. The van der Waals surface area contributed by atoms with Gasteiger partial charge in [0.1, 0.15) is 13.2 Å². The Balaban J connectivity index is 4.35. The molecule has 0 bridgehead atoms. The molecule has 1 unspecified atom stereocenters. The predicted octanol–water partition coefficient (Wildman–Crippen LogP) is 23.0. The molecule has 0 spiro atoms. The van der Waals surface area contributed by atoms with Crippen molar-refractivity contribution < 1.29 is 28.6 Å². The number of rotatable bonds is 60. The number of ether oxygens (including phenoxy) is 3. The van der Waals surface area contributed by atoms with E-state index >= 15 is 0 Å². The van der Waals surface area contributed by atoms with Crippen molar-refractivity contribution in [3.8, 4) is 0 Å². The van der Waals surface area contributed by atoms with Crippen LogP contribution >= 0.6 is 0 Å². The molecule has 0 aliphatic carbocycles. The fraction of sp³-hybridized carbons (Fsp3) is 0.712. The summed E-state index contributed by atoms with van der Waals surface area (Å²) in [5.74, 6) is -0.912. The highest BCUT2D eigenvalue weighted by atomic mass is 16.6. The Morgan fingerprint density at radius 1 is 0.266 bits per heavy atom. The SMILES string of the molecule is CC/C=C\C/C=C\C/C=C\C/C=C\C/C=C\C/C=C\C/C=C\C/C=C\CCCCCCC(=O)OCC(COC(=O)CCCCCCC/C=C\CCCCC)OC(=O)CCCCCCCCCCCCCCCCCCCCCC. The van der Waals surface area contributed by atoms with Crippen molar-refractivity contribution in [3.63, 3.8) is 0 Å². The van der Waals surface area contributed by atoms with Crippen LogP contribution in [-0.4, -0.2) is 37.2 Å². The summed E-state index contributed by atoms with van der Waals surface area (Å²) in [5, 5.41) is 0. The molecule has 0 fully saturated rings. The highest BCUT2D eigenvalue weighted by Gasteiger charge is 2.19. The van der Waals surface area contributed by atoms with Crippen LogP contribution in [0.1, 0.15) is 316 Å². The number of unbranched alkanes of at least 4 members (excludes halogenated alkanes) is 31. The lowest BCUT2D eigenvalue weighted by molar-refractivity contribution is -0.167. The molecule has 0 N–H and O–H groups in total. The summed E-state index contributed by atoms with van der Waals surface area (Å²) in [6, 6.07) is 0. The van der Waals surface area contributed by atoms with Crippen molar-refractivity contribution in [3.05, 3.63) is 109 Å². The number of hydrogen-bond donors (Lipinski definition) is 0. The maximum atomic E-state index is 12.9. The molecule has 0 heterocycles. The molecule has 0 aliphatic rings. The topological polar surface area (TPSA) is 78.9 Å². The van der Waals surface area contributed by atoms with Gasteiger partial charge < -0.3 is 14.2 Å². The van der Waals surface area contributed by atoms with Crippen molar-refractivity contribution >= 4 is 17.9 Å². The second-order valence-corrected chi connectivity index (χ2v) is 22.0. The molecule has 0 radical (unpaired) electrons. The third-order valence-electron chi connectivity index (χ3n) is 14.3. The molecule has 6 heteroatoms. The summed E-state index contributed by atoms with van der Waals surface area (Å²) < 4.78 is 16.9. The lowest BCUT2D eigenvalue weighted by atomic mass is 10.0. The maximum absolute atomic E-state index is 12.9. The first-order valence-electron chi connectivity index (χ1n) is 33.4. The van der Waals surface area contributed by atoms with Crippen molar-refractivity contribution in [1.82, 2.24) is 0 Å². The second kappa shape index (κ2) is 66.6. The smallest absolute Gasteiger partial charge is 0.306 e. The molecule has 452 valence electrons. The quantitative estimate of drug-likeness (QED) is 0.0261. The Hall–Kier alpha value is -3.93. The van der Waals surface area contributed by atoms with E-state index in [0.29, 0.717) is 19.3 Å². The number of allylic oxidation sites excluding steroid dienone is 18. The first-order valence-corrected chi connectivity index (χ1v) is 33.4. The molecule has 0 aromatic carbocycles. The van der Waals surface area contributed by atoms with E-state index in [4.69, 9.17) is 14.2 Å². The van der Waals surface area contributed by atoms with Crippen LogP contribution in [0.4, 0.5) is 0 Å². The van der Waals surface area contributed by atoms with Crippen molar-refractivity contribution in [2.75, 3.05) is 13.2 Å². The van der Waals surface area contributed by atoms with Gasteiger partial charge in [0.2, 0.25) is 0 Å². The zero-order valence-corrected chi connectivity index (χ0v) is 51.9. The first-order chi connectivity index (χ1) is 39.0. The van der Waals surface area contributed by atoms with Crippen LogP contribution in [0, 0.1) is 0 Å². The van der Waals surface area contributed by atoms with Crippen LogP contribution in [0.5, 0.6) is 0 Å². The molecule has 0 aliphatic heterocycles. The van der Waals surface area contributed by atoms with Crippen molar-refractivity contribution in [1.29, 1.82) is 0 Å². The fourth-order valence-corrected chi connectivity index (χ4v) is 9.28. The molecule has 0 saturated carbocycles. The average Bonchev–Trinajstić information content (AvgIpc) is 3.45. The van der Waals surface area contributed by atoms with E-state index in [1.165, 1.54) is 148 Å². The summed E-state index contributed by atoms with van der Waals surface area (Å²) in [6.45, 7) is 6.50. The molecule has 0 rings (SSSR count). The van der Waals surface area contributed by atoms with Crippen LogP contribution in [0.15, 0.2) is 109 Å². The Kier molecular flexibility index (Phi) is 63.3. The van der Waals surface area contributed by atoms with E-state index in [-0.39, 0.29) is 31.1 Å². The molecular weight excluding hydrogens is 973 g/mol. The average molecular weight is 1100 g/mol. The summed E-state index contributed by atoms with van der Waals surface area (Å²) in [7, 11) is 0. The third-order valence-corrected chi connectivity index (χ3v) is 14.3. The third kappa shape index (κ3) is 64.8. The van der Waals surface area contributed by atoms with Crippen molar-refractivity contribution in [2.24, 2.45) is 0 Å². The van der Waals surface area contributed by atoms with E-state index in [1.807, 2.05) is 0 Å². The minimum atomic E-state index is -0.793. The van der Waals surface area contributed by atoms with Gasteiger partial charge in [-0.15, -0.1) is 0 Å². The van der Waals surface area contributed by atoms with Crippen LogP contribution in [0.3, 0.4) is 0 Å². The van der Waals surface area contributed by atoms with Crippen LogP contribution < -0.4 is 0 Å². The van der Waals surface area contributed by atoms with Gasteiger partial charge in [-0.25, -0.2) is 0 Å². The number of carbonyl (C=O) groups excluding carboxylic acids is 3. The highest BCUT2D eigenvalue weighted by molar-refractivity contribution is 5.71. The van der Waals surface area contributed by atoms with Gasteiger partial charge in [-0.3, -0.25) is 14.4 Å². The van der Waals surface area contributed by atoms with Gasteiger partial charge in [0.25, 0.3) is 0 Å². The Morgan fingerprint density at radius 2 is 0.494 bits per heavy atom. The van der Waals surface area contributed by atoms with Crippen LogP contribution in [0.25, 0.3) is 0 Å². The minimum Gasteiger partial charge on any atom is -0.462 e. The lowest BCUT2D eigenvalue weighted by Gasteiger charge is -2.18. The minimum absolute atomic E-state index is 0.0888. The normalized spacial score (nSPS) is 12.8. The molecule has 0 saturated heterocycles. The molecule has 79 heavy (non-hydrogen) atoms. The van der Waals surface area contributed by atoms with E-state index < -0.39 is 6.10 Å². The number of esters is 3. The Bertz CT molecular complexity index is 1590. The van der Waals surface area contributed by atoms with Crippen LogP contribution in [0.2, 0.25) is 0 Å². The second-order valence-electron chi connectivity index (χ2n) is 22.0. The van der Waals surface area contributed by atoms with E-state index in [2.05, 4.69) is 130 Å². The molecule has 6 nitrogen and oxygen atoms in total. The lowest BCUT2D eigenvalue weighted by Crippen LogP contribution is -2.30. The number of hydrogen-bond acceptors (Lipinski definition) is 6. The summed E-state index contributed by atoms with van der Waals surface area (Å²) in [5.41, 5.74) is 0. The fourth-order valence-electron chi connectivity index (χ4n) is 9.28. The van der Waals surface area contributed by atoms with Gasteiger partial charge in [0.15, 0.2) is 6.10 Å². The molecule has 1 atom stereocenters. The first kappa shape index (κ1) is 75.1. The Labute approximate surface area is 489 Å². The van der Waals surface area contributed by atoms with Crippen LogP contribution in [-0.2, 0) is 28.6 Å². The zero-order chi connectivity index (χ0) is 57.1. The molecule has 0 aromatic heterocycles. The number of carbonyl (C=O) groups is 3. The van der Waals surface area contributed by atoms with Gasteiger partial charge in [-0.1, -0.05) is 297 Å². The Morgan fingerprint density at radius 3 is 0.810 bits per heavy atom. The predicted molar refractivity (Wildman–Crippen MR) is 343 cm³/mol. The summed E-state index contributed by atoms with van der Waals surface area (Å²) in [4.78, 5) is 38.3. The zero-order valence-electron chi connectivity index (χ0n) is 51.9. The van der Waals surface area contributed by atoms with Gasteiger partial charge in [0, 0.05) is 19.3 Å². The van der Waals surface area contributed by atoms with Gasteiger partial charge in [0.05, 0.1) is 0 Å². The highest BCUT2D eigenvalue weighted by Crippen LogP contribution is 2.17. The van der Waals surface area contributed by atoms with E-state index in [1.54, 1.807) is 0 Å². The standard InChI is InChI=1S/C73H124O6/c1-4-7-10-13-16-19-22-25-27-29-31-33-34-35-36-37-38-39-40-41-43-44-46-48-51-54-57-60-63-66-72(75)78-69-70(68-77-71(74)65-62-59-56-53-50-24-21-18-15-12-9-6-3)79-73(76)67-64-61-58-55-52-49-47-45-42-32-30-28-26-23-20-17-14-11-8-5-2/h7,10,16,18-19,21,25,27,31,33,35-36,38-39,41,43,46,48,70H,4-6,8-9,11-15,17,20,22-24,26,28-30,32,34,37,40,42,44-45,47,49-69H2,1-3H3/b10-7-,19-16-,21-18-,27-25-,33-31-,36-35-,39-38-,43-41-,48-46-. The van der Waals surface area contributed by atoms with E-state index in [9.17, 15) is 14.4 Å². The van der Waals surface area contributed by atoms with Gasteiger partial charge in [-0.2, -0.15) is 0 Å². The van der Waals surface area contributed by atoms with E-state index in [0.717, 1.165) is 128 Å². The summed E-state index contributed by atoms with van der Waals surface area (Å²) >= 11 is 0. The van der Waals surface area contributed by atoms with Gasteiger partial charge >= 0.3 is 17.9 Å². The molecule has 0 aromatic rings. The molecule has 0 amide bonds. The maximum Gasteiger partial charge on any atom is 0.306 e. The van der Waals surface area contributed by atoms with Crippen molar-refractivity contribution in [2.45, 2.75) is 322 Å². The monoisotopic (exact) mass is 1100 g/mol. The van der Waals surface area contributed by atoms with Gasteiger partial charge in [-0.05, 0) is 109 Å². The molecular formula is C73H124O6.